The molecule has 0 aliphatic rings. The molecule has 2 aromatic carbocycles. The molecule has 0 unspecified atom stereocenters. The highest BCUT2D eigenvalue weighted by Crippen LogP contribution is 2.35. The van der Waals surface area contributed by atoms with Gasteiger partial charge < -0.3 is 10.5 Å². The summed E-state index contributed by atoms with van der Waals surface area (Å²) in [6.07, 6.45) is 0. The molecule has 2 rings (SSSR count). The van der Waals surface area contributed by atoms with Crippen LogP contribution in [-0.4, -0.2) is 13.1 Å². The SMILES string of the molecule is COC(=O)C(C)(C)[C@@H](N)c1cccc2ccccc12.Cl. The molecule has 3 nitrogen and oxygen atoms in total. The molecular weight excluding hydrogens is 274 g/mol. The van der Waals surface area contributed by atoms with Crippen molar-refractivity contribution >= 4 is 29.1 Å². The summed E-state index contributed by atoms with van der Waals surface area (Å²) < 4.78 is 4.85. The molecule has 108 valence electrons. The molecule has 0 aromatic heterocycles. The van der Waals surface area contributed by atoms with Gasteiger partial charge in [0.05, 0.1) is 12.5 Å². The molecule has 1 atom stereocenters. The van der Waals surface area contributed by atoms with Gasteiger partial charge in [-0.1, -0.05) is 42.5 Å². The van der Waals surface area contributed by atoms with Crippen LogP contribution in [0.25, 0.3) is 10.8 Å². The summed E-state index contributed by atoms with van der Waals surface area (Å²) in [5.41, 5.74) is 6.52. The summed E-state index contributed by atoms with van der Waals surface area (Å²) in [7, 11) is 1.39. The largest absolute Gasteiger partial charge is 0.469 e. The number of carbonyl (C=O) groups is 1. The van der Waals surface area contributed by atoms with E-state index in [0.717, 1.165) is 16.3 Å². The number of halogens is 1. The molecule has 0 fully saturated rings. The van der Waals surface area contributed by atoms with Gasteiger partial charge in [-0.3, -0.25) is 4.79 Å². The molecule has 0 spiro atoms. The molecule has 2 aromatic rings. The monoisotopic (exact) mass is 293 g/mol. The number of esters is 1. The second-order valence-electron chi connectivity index (χ2n) is 5.26. The number of benzene rings is 2. The van der Waals surface area contributed by atoms with Crippen molar-refractivity contribution in [2.75, 3.05) is 7.11 Å². The zero-order valence-corrected chi connectivity index (χ0v) is 12.7. The summed E-state index contributed by atoms with van der Waals surface area (Å²) in [4.78, 5) is 11.9. The minimum Gasteiger partial charge on any atom is -0.469 e. The molecule has 0 saturated carbocycles. The Kier molecular flexibility index (Phi) is 5.15. The van der Waals surface area contributed by atoms with E-state index in [1.807, 2.05) is 56.3 Å². The van der Waals surface area contributed by atoms with Crippen molar-refractivity contribution in [1.29, 1.82) is 0 Å². The predicted molar refractivity (Wildman–Crippen MR) is 83.9 cm³/mol. The van der Waals surface area contributed by atoms with Gasteiger partial charge in [0, 0.05) is 6.04 Å². The van der Waals surface area contributed by atoms with Crippen LogP contribution in [0.4, 0.5) is 0 Å². The first kappa shape index (κ1) is 16.5. The van der Waals surface area contributed by atoms with Crippen LogP contribution < -0.4 is 5.73 Å². The maximum absolute atomic E-state index is 11.9. The van der Waals surface area contributed by atoms with Gasteiger partial charge in [0.15, 0.2) is 0 Å². The Morgan fingerprint density at radius 3 is 2.40 bits per heavy atom. The highest BCUT2D eigenvalue weighted by atomic mass is 35.5. The number of fused-ring (bicyclic) bond motifs is 1. The topological polar surface area (TPSA) is 52.3 Å². The van der Waals surface area contributed by atoms with E-state index in [9.17, 15) is 4.79 Å². The van der Waals surface area contributed by atoms with Gasteiger partial charge in [-0.05, 0) is 30.2 Å². The van der Waals surface area contributed by atoms with E-state index < -0.39 is 11.5 Å². The van der Waals surface area contributed by atoms with Crippen molar-refractivity contribution in [1.82, 2.24) is 0 Å². The third-order valence-corrected chi connectivity index (χ3v) is 3.65. The molecule has 4 heteroatoms. The highest BCUT2D eigenvalue weighted by molar-refractivity contribution is 5.87. The third kappa shape index (κ3) is 2.79. The first-order valence-electron chi connectivity index (χ1n) is 6.30. The summed E-state index contributed by atoms with van der Waals surface area (Å²) >= 11 is 0. The Morgan fingerprint density at radius 1 is 1.15 bits per heavy atom. The van der Waals surface area contributed by atoms with Gasteiger partial charge in [0.25, 0.3) is 0 Å². The zero-order valence-electron chi connectivity index (χ0n) is 11.9. The van der Waals surface area contributed by atoms with Crippen LogP contribution in [0.3, 0.4) is 0 Å². The van der Waals surface area contributed by atoms with Gasteiger partial charge in [0.1, 0.15) is 0 Å². The molecule has 2 N–H and O–H groups in total. The Morgan fingerprint density at radius 2 is 1.75 bits per heavy atom. The van der Waals surface area contributed by atoms with Gasteiger partial charge >= 0.3 is 5.97 Å². The van der Waals surface area contributed by atoms with E-state index >= 15 is 0 Å². The van der Waals surface area contributed by atoms with Gasteiger partial charge in [-0.15, -0.1) is 12.4 Å². The van der Waals surface area contributed by atoms with E-state index in [4.69, 9.17) is 10.5 Å². The van der Waals surface area contributed by atoms with Crippen LogP contribution in [0.5, 0.6) is 0 Å². The van der Waals surface area contributed by atoms with Gasteiger partial charge in [-0.2, -0.15) is 0 Å². The van der Waals surface area contributed by atoms with Crippen LogP contribution in [0.15, 0.2) is 42.5 Å². The molecular formula is C16H20ClNO2. The number of methoxy groups -OCH3 is 1. The van der Waals surface area contributed by atoms with E-state index in [0.29, 0.717) is 0 Å². The van der Waals surface area contributed by atoms with Crippen molar-refractivity contribution in [3.8, 4) is 0 Å². The van der Waals surface area contributed by atoms with Crippen LogP contribution in [0.2, 0.25) is 0 Å². The lowest BCUT2D eigenvalue weighted by Gasteiger charge is -2.29. The number of rotatable bonds is 3. The lowest BCUT2D eigenvalue weighted by molar-refractivity contribution is -0.152. The number of ether oxygens (including phenoxy) is 1. The minimum atomic E-state index is -0.765. The molecule has 0 saturated heterocycles. The fourth-order valence-electron chi connectivity index (χ4n) is 2.30. The first-order valence-corrected chi connectivity index (χ1v) is 6.30. The van der Waals surface area contributed by atoms with Crippen molar-refractivity contribution in [3.63, 3.8) is 0 Å². The van der Waals surface area contributed by atoms with Crippen molar-refractivity contribution in [2.24, 2.45) is 11.1 Å². The highest BCUT2D eigenvalue weighted by Gasteiger charge is 2.37. The number of hydrogen-bond acceptors (Lipinski definition) is 3. The second-order valence-corrected chi connectivity index (χ2v) is 5.26. The van der Waals surface area contributed by atoms with Crippen LogP contribution in [-0.2, 0) is 9.53 Å². The van der Waals surface area contributed by atoms with E-state index in [2.05, 4.69) is 0 Å². The Bertz CT molecular complexity index is 605. The summed E-state index contributed by atoms with van der Waals surface area (Å²) in [6.45, 7) is 3.62. The van der Waals surface area contributed by atoms with Crippen LogP contribution in [0.1, 0.15) is 25.5 Å². The van der Waals surface area contributed by atoms with Crippen molar-refractivity contribution < 1.29 is 9.53 Å². The molecule has 0 heterocycles. The van der Waals surface area contributed by atoms with E-state index in [1.54, 1.807) is 0 Å². The number of nitrogens with two attached hydrogens (primary N) is 1. The summed E-state index contributed by atoms with van der Waals surface area (Å²) in [5, 5.41) is 2.20. The average molecular weight is 294 g/mol. The standard InChI is InChI=1S/C16H19NO2.ClH/c1-16(2,15(18)19-3)14(17)13-10-6-8-11-7-4-5-9-12(11)13;/h4-10,14H,17H2,1-3H3;1H/t14-;/m0./s1. The Labute approximate surface area is 125 Å². The zero-order chi connectivity index (χ0) is 14.0. The lowest BCUT2D eigenvalue weighted by atomic mass is 9.79. The number of hydrogen-bond donors (Lipinski definition) is 1. The first-order chi connectivity index (χ1) is 8.98. The third-order valence-electron chi connectivity index (χ3n) is 3.65. The van der Waals surface area contributed by atoms with Gasteiger partial charge in [0.2, 0.25) is 0 Å². The summed E-state index contributed by atoms with van der Waals surface area (Å²) in [5.74, 6) is -0.298. The maximum Gasteiger partial charge on any atom is 0.313 e. The minimum absolute atomic E-state index is 0. The van der Waals surface area contributed by atoms with E-state index in [-0.39, 0.29) is 18.4 Å². The predicted octanol–water partition coefficient (Wildman–Crippen LogP) is 3.46. The quantitative estimate of drug-likeness (QED) is 0.882. The smallest absolute Gasteiger partial charge is 0.313 e. The van der Waals surface area contributed by atoms with Gasteiger partial charge in [-0.25, -0.2) is 0 Å². The molecule has 0 aliphatic carbocycles. The Hall–Kier alpha value is -1.58. The van der Waals surface area contributed by atoms with E-state index in [1.165, 1.54) is 7.11 Å². The molecule has 20 heavy (non-hydrogen) atoms. The van der Waals surface area contributed by atoms with Crippen molar-refractivity contribution in [2.45, 2.75) is 19.9 Å². The Balaban J connectivity index is 0.00000200. The molecule has 0 bridgehead atoms. The maximum atomic E-state index is 11.9. The fraction of sp³-hybridized carbons (Fsp3) is 0.312. The lowest BCUT2D eigenvalue weighted by Crippen LogP contribution is -2.37. The number of carbonyl (C=O) groups excluding carboxylic acids is 1. The van der Waals surface area contributed by atoms with Crippen molar-refractivity contribution in [3.05, 3.63) is 48.0 Å². The molecule has 0 aliphatic heterocycles. The van der Waals surface area contributed by atoms with Crippen LogP contribution in [0, 0.1) is 5.41 Å². The molecule has 0 radical (unpaired) electrons. The average Bonchev–Trinajstić information content (AvgIpc) is 2.44. The summed E-state index contributed by atoms with van der Waals surface area (Å²) in [6, 6.07) is 13.6. The second kappa shape index (κ2) is 6.25. The van der Waals surface area contributed by atoms with Crippen LogP contribution >= 0.6 is 12.4 Å². The molecule has 0 amide bonds. The normalized spacial score (nSPS) is 12.6. The fourth-order valence-corrected chi connectivity index (χ4v) is 2.30.